The molecule has 1 aromatic heterocycles. The van der Waals surface area contributed by atoms with Crippen LogP contribution in [0.5, 0.6) is 0 Å². The number of aryl methyl sites for hydroxylation is 2. The second-order valence-corrected chi connectivity index (χ2v) is 6.11. The molecule has 0 saturated heterocycles. The van der Waals surface area contributed by atoms with E-state index < -0.39 is 0 Å². The lowest BCUT2D eigenvalue weighted by molar-refractivity contribution is 0.467. The summed E-state index contributed by atoms with van der Waals surface area (Å²) < 4.78 is 0. The van der Waals surface area contributed by atoms with Crippen LogP contribution in [0.2, 0.25) is 0 Å². The third-order valence-electron chi connectivity index (χ3n) is 2.83. The summed E-state index contributed by atoms with van der Waals surface area (Å²) in [6.45, 7) is 13.5. The molecule has 1 rings (SSSR count). The summed E-state index contributed by atoms with van der Waals surface area (Å²) in [4.78, 5) is 2.98. The summed E-state index contributed by atoms with van der Waals surface area (Å²) in [6.07, 6.45) is 1.21. The van der Waals surface area contributed by atoms with Gasteiger partial charge in [-0.3, -0.25) is 0 Å². The van der Waals surface area contributed by atoms with Crippen LogP contribution in [0.15, 0.2) is 6.07 Å². The van der Waals surface area contributed by atoms with Crippen molar-refractivity contribution in [2.75, 3.05) is 13.1 Å². The van der Waals surface area contributed by atoms with Crippen molar-refractivity contribution in [2.24, 2.45) is 0 Å². The lowest BCUT2D eigenvalue weighted by atomic mass is 9.86. The van der Waals surface area contributed by atoms with Crippen LogP contribution < -0.4 is 5.32 Å². The molecule has 0 aliphatic carbocycles. The topological polar surface area (TPSA) is 12.0 Å². The molecule has 0 amide bonds. The van der Waals surface area contributed by atoms with Gasteiger partial charge in [0.25, 0.3) is 0 Å². The molecule has 0 spiro atoms. The van der Waals surface area contributed by atoms with E-state index in [1.54, 1.807) is 4.88 Å². The van der Waals surface area contributed by atoms with E-state index in [0.717, 1.165) is 13.1 Å². The minimum Gasteiger partial charge on any atom is -0.317 e. The molecule has 0 saturated carbocycles. The van der Waals surface area contributed by atoms with Gasteiger partial charge in [0, 0.05) is 15.2 Å². The first-order valence-corrected chi connectivity index (χ1v) is 6.57. The van der Waals surface area contributed by atoms with E-state index >= 15 is 0 Å². The van der Waals surface area contributed by atoms with Gasteiger partial charge in [0.1, 0.15) is 0 Å². The van der Waals surface area contributed by atoms with E-state index in [2.05, 4.69) is 46.0 Å². The Hall–Kier alpha value is -0.340. The molecule has 0 bridgehead atoms. The van der Waals surface area contributed by atoms with Gasteiger partial charge in [0.15, 0.2) is 0 Å². The van der Waals surface area contributed by atoms with E-state index in [0.29, 0.717) is 5.41 Å². The van der Waals surface area contributed by atoms with Gasteiger partial charge in [-0.05, 0) is 45.0 Å². The van der Waals surface area contributed by atoms with Crippen molar-refractivity contribution < 1.29 is 0 Å². The van der Waals surface area contributed by atoms with Crippen molar-refractivity contribution in [3.05, 3.63) is 21.4 Å². The van der Waals surface area contributed by atoms with Crippen molar-refractivity contribution in [2.45, 2.75) is 46.5 Å². The van der Waals surface area contributed by atoms with Gasteiger partial charge in [-0.25, -0.2) is 0 Å². The van der Waals surface area contributed by atoms with Crippen LogP contribution in [0.1, 0.15) is 42.5 Å². The largest absolute Gasteiger partial charge is 0.317 e. The van der Waals surface area contributed by atoms with Crippen LogP contribution in [-0.2, 0) is 5.41 Å². The van der Waals surface area contributed by atoms with Crippen LogP contribution in [-0.4, -0.2) is 13.1 Å². The van der Waals surface area contributed by atoms with E-state index in [-0.39, 0.29) is 0 Å². The highest BCUT2D eigenvalue weighted by Gasteiger charge is 2.23. The average molecular weight is 225 g/mol. The second kappa shape index (κ2) is 5.13. The Morgan fingerprint density at radius 1 is 1.33 bits per heavy atom. The Balaban J connectivity index is 2.71. The standard InChI is InChI=1S/C13H23NS/c1-6-14-8-7-13(4,5)12-10(2)9-11(3)15-12/h9,14H,6-8H2,1-5H3. The van der Waals surface area contributed by atoms with Crippen molar-refractivity contribution in [3.63, 3.8) is 0 Å². The molecule has 1 heterocycles. The van der Waals surface area contributed by atoms with E-state index in [1.165, 1.54) is 16.9 Å². The first-order valence-electron chi connectivity index (χ1n) is 5.75. The molecule has 1 N–H and O–H groups in total. The molecule has 15 heavy (non-hydrogen) atoms. The summed E-state index contributed by atoms with van der Waals surface area (Å²) in [5, 5.41) is 3.41. The fourth-order valence-electron chi connectivity index (χ4n) is 2.00. The van der Waals surface area contributed by atoms with Crippen LogP contribution in [0.25, 0.3) is 0 Å². The Bertz CT molecular complexity index is 312. The van der Waals surface area contributed by atoms with Gasteiger partial charge in [0.2, 0.25) is 0 Å². The molecule has 0 radical (unpaired) electrons. The minimum atomic E-state index is 0.311. The zero-order valence-corrected chi connectivity index (χ0v) is 11.4. The molecule has 0 unspecified atom stereocenters. The van der Waals surface area contributed by atoms with Gasteiger partial charge in [-0.15, -0.1) is 11.3 Å². The summed E-state index contributed by atoms with van der Waals surface area (Å²) >= 11 is 1.95. The fourth-order valence-corrected chi connectivity index (χ4v) is 3.16. The highest BCUT2D eigenvalue weighted by molar-refractivity contribution is 7.12. The maximum atomic E-state index is 3.41. The van der Waals surface area contributed by atoms with Crippen molar-refractivity contribution in [1.29, 1.82) is 0 Å². The van der Waals surface area contributed by atoms with Crippen molar-refractivity contribution in [3.8, 4) is 0 Å². The van der Waals surface area contributed by atoms with Gasteiger partial charge < -0.3 is 5.32 Å². The molecule has 2 heteroatoms. The number of thiophene rings is 1. The summed E-state index contributed by atoms with van der Waals surface area (Å²) in [5.41, 5.74) is 1.77. The van der Waals surface area contributed by atoms with Crippen LogP contribution in [0.3, 0.4) is 0 Å². The molecule has 1 aromatic rings. The van der Waals surface area contributed by atoms with Gasteiger partial charge in [-0.1, -0.05) is 20.8 Å². The van der Waals surface area contributed by atoms with Crippen molar-refractivity contribution in [1.82, 2.24) is 5.32 Å². The monoisotopic (exact) mass is 225 g/mol. The highest BCUT2D eigenvalue weighted by atomic mass is 32.1. The smallest absolute Gasteiger partial charge is 0.0134 e. The average Bonchev–Trinajstić information content (AvgIpc) is 2.46. The zero-order valence-electron chi connectivity index (χ0n) is 10.6. The SMILES string of the molecule is CCNCCC(C)(C)c1sc(C)cc1C. The Morgan fingerprint density at radius 2 is 2.00 bits per heavy atom. The maximum Gasteiger partial charge on any atom is 0.0134 e. The first-order chi connectivity index (χ1) is 6.97. The van der Waals surface area contributed by atoms with Crippen LogP contribution in [0, 0.1) is 13.8 Å². The predicted molar refractivity (Wildman–Crippen MR) is 70.0 cm³/mol. The maximum absolute atomic E-state index is 3.41. The lowest BCUT2D eigenvalue weighted by Gasteiger charge is -2.24. The minimum absolute atomic E-state index is 0.311. The second-order valence-electron chi connectivity index (χ2n) is 4.86. The van der Waals surface area contributed by atoms with Gasteiger partial charge in [0.05, 0.1) is 0 Å². The number of hydrogen-bond acceptors (Lipinski definition) is 2. The Morgan fingerprint density at radius 3 is 2.47 bits per heavy atom. The number of rotatable bonds is 5. The highest BCUT2D eigenvalue weighted by Crippen LogP contribution is 2.35. The molecule has 0 aromatic carbocycles. The van der Waals surface area contributed by atoms with E-state index in [9.17, 15) is 0 Å². The molecule has 0 aliphatic heterocycles. The molecule has 0 aliphatic rings. The lowest BCUT2D eigenvalue weighted by Crippen LogP contribution is -2.25. The summed E-state index contributed by atoms with van der Waals surface area (Å²) in [7, 11) is 0. The summed E-state index contributed by atoms with van der Waals surface area (Å²) in [6, 6.07) is 2.30. The normalized spacial score (nSPS) is 12.1. The molecule has 0 atom stereocenters. The number of hydrogen-bond donors (Lipinski definition) is 1. The Kier molecular flexibility index (Phi) is 4.35. The third-order valence-corrected chi connectivity index (χ3v) is 4.35. The molecular weight excluding hydrogens is 202 g/mol. The third kappa shape index (κ3) is 3.32. The molecule has 1 nitrogen and oxygen atoms in total. The van der Waals surface area contributed by atoms with Crippen LogP contribution >= 0.6 is 11.3 Å². The van der Waals surface area contributed by atoms with Crippen LogP contribution in [0.4, 0.5) is 0 Å². The van der Waals surface area contributed by atoms with E-state index in [1.807, 2.05) is 11.3 Å². The molecular formula is C13H23NS. The Labute approximate surface area is 97.9 Å². The summed E-state index contributed by atoms with van der Waals surface area (Å²) in [5.74, 6) is 0. The van der Waals surface area contributed by atoms with Gasteiger partial charge in [-0.2, -0.15) is 0 Å². The van der Waals surface area contributed by atoms with Gasteiger partial charge >= 0.3 is 0 Å². The quantitative estimate of drug-likeness (QED) is 0.754. The number of nitrogens with one attached hydrogen (secondary N) is 1. The van der Waals surface area contributed by atoms with Crippen molar-refractivity contribution >= 4 is 11.3 Å². The zero-order chi connectivity index (χ0) is 11.5. The predicted octanol–water partition coefficient (Wildman–Crippen LogP) is 3.64. The molecule has 0 fully saturated rings. The first kappa shape index (κ1) is 12.7. The fraction of sp³-hybridized carbons (Fsp3) is 0.692. The molecule has 86 valence electrons. The van der Waals surface area contributed by atoms with E-state index in [4.69, 9.17) is 0 Å².